The second-order valence-corrected chi connectivity index (χ2v) is 5.46. The maximum Gasteiger partial charge on any atom is 0.195 e. The van der Waals surface area contributed by atoms with Crippen molar-refractivity contribution in [1.82, 2.24) is 4.98 Å². The van der Waals surface area contributed by atoms with Crippen molar-refractivity contribution in [2.75, 3.05) is 5.73 Å². The minimum Gasteiger partial charge on any atom is -0.398 e. The van der Waals surface area contributed by atoms with Gasteiger partial charge in [-0.1, -0.05) is 6.07 Å². The van der Waals surface area contributed by atoms with Crippen LogP contribution in [0.4, 0.5) is 5.69 Å². The number of nitrogens with one attached hydrogen (secondary N) is 1. The number of nitrogen functional groups attached to an aromatic ring is 1. The predicted molar refractivity (Wildman–Crippen MR) is 85.0 cm³/mol. The Kier molecular flexibility index (Phi) is 3.24. The van der Waals surface area contributed by atoms with E-state index in [0.29, 0.717) is 27.8 Å². The summed E-state index contributed by atoms with van der Waals surface area (Å²) < 4.78 is 0.746. The summed E-state index contributed by atoms with van der Waals surface area (Å²) in [5.74, 6) is -0.164. The van der Waals surface area contributed by atoms with E-state index in [2.05, 4.69) is 27.0 Å². The second-order valence-electron chi connectivity index (χ2n) is 4.61. The number of carbonyl (C=O) groups is 1. The lowest BCUT2D eigenvalue weighted by Crippen LogP contribution is -2.02. The number of fused-ring (bicyclic) bond motifs is 1. The molecule has 0 amide bonds. The highest BCUT2D eigenvalue weighted by Crippen LogP contribution is 2.26. The Balaban J connectivity index is 2.18. The third-order valence-electron chi connectivity index (χ3n) is 3.33. The van der Waals surface area contributed by atoms with Gasteiger partial charge in [-0.15, -0.1) is 0 Å². The van der Waals surface area contributed by atoms with Crippen LogP contribution in [0.5, 0.6) is 0 Å². The molecule has 0 aliphatic carbocycles. The van der Waals surface area contributed by atoms with E-state index in [9.17, 15) is 10.1 Å². The van der Waals surface area contributed by atoms with Crippen LogP contribution < -0.4 is 5.73 Å². The van der Waals surface area contributed by atoms with E-state index in [1.807, 2.05) is 6.07 Å². The monoisotopic (exact) mass is 339 g/mol. The fraction of sp³-hybridized carbons (Fsp3) is 0. The second kappa shape index (κ2) is 5.08. The molecule has 0 aliphatic heterocycles. The topological polar surface area (TPSA) is 82.7 Å². The first-order chi connectivity index (χ1) is 10.1. The summed E-state index contributed by atoms with van der Waals surface area (Å²) in [6.45, 7) is 0. The minimum absolute atomic E-state index is 0.164. The summed E-state index contributed by atoms with van der Waals surface area (Å²) in [6.07, 6.45) is 1.63. The third kappa shape index (κ3) is 2.20. The molecule has 0 unspecified atom stereocenters. The first-order valence-corrected chi connectivity index (χ1v) is 7.01. The number of benzene rings is 2. The lowest BCUT2D eigenvalue weighted by molar-refractivity contribution is 0.104. The van der Waals surface area contributed by atoms with Crippen molar-refractivity contribution in [2.24, 2.45) is 0 Å². The number of nitriles is 1. The number of rotatable bonds is 2. The van der Waals surface area contributed by atoms with Crippen LogP contribution in [0.2, 0.25) is 0 Å². The number of halogens is 1. The fourth-order valence-electron chi connectivity index (χ4n) is 2.30. The molecule has 3 aromatic rings. The summed E-state index contributed by atoms with van der Waals surface area (Å²) in [5.41, 5.74) is 8.53. The molecular weight excluding hydrogens is 330 g/mol. The highest BCUT2D eigenvalue weighted by atomic mass is 79.9. The number of hydrogen-bond donors (Lipinski definition) is 2. The standard InChI is InChI=1S/C16H10BrN3O/c17-12-5-4-9(6-13(12)19)16(21)11-8-20-14-3-1-2-10(7-18)15(11)14/h1-6,8,20H,19H2. The van der Waals surface area contributed by atoms with E-state index in [4.69, 9.17) is 5.73 Å². The van der Waals surface area contributed by atoms with E-state index < -0.39 is 0 Å². The van der Waals surface area contributed by atoms with Crippen LogP contribution in [0, 0.1) is 11.3 Å². The molecule has 0 radical (unpaired) electrons. The summed E-state index contributed by atoms with van der Waals surface area (Å²) in [6, 6.07) is 12.5. The Labute approximate surface area is 129 Å². The summed E-state index contributed by atoms with van der Waals surface area (Å²) >= 11 is 3.30. The van der Waals surface area contributed by atoms with Gasteiger partial charge in [0.05, 0.1) is 11.6 Å². The van der Waals surface area contributed by atoms with Crippen molar-refractivity contribution in [3.05, 3.63) is 63.8 Å². The quantitative estimate of drug-likeness (QED) is 0.552. The number of carbonyl (C=O) groups excluding carboxylic acids is 1. The van der Waals surface area contributed by atoms with E-state index in [1.165, 1.54) is 0 Å². The van der Waals surface area contributed by atoms with Crippen molar-refractivity contribution in [1.29, 1.82) is 5.26 Å². The van der Waals surface area contributed by atoms with E-state index >= 15 is 0 Å². The molecule has 3 N–H and O–H groups in total. The zero-order valence-electron chi connectivity index (χ0n) is 10.9. The highest BCUT2D eigenvalue weighted by Gasteiger charge is 2.17. The molecule has 1 heterocycles. The van der Waals surface area contributed by atoms with Crippen LogP contribution in [-0.4, -0.2) is 10.8 Å². The number of nitrogens with two attached hydrogens (primary N) is 1. The van der Waals surface area contributed by atoms with Crippen molar-refractivity contribution >= 4 is 38.3 Å². The number of H-pyrrole nitrogens is 1. The normalized spacial score (nSPS) is 10.5. The van der Waals surface area contributed by atoms with Gasteiger partial charge in [0.2, 0.25) is 0 Å². The molecule has 21 heavy (non-hydrogen) atoms. The molecule has 0 bridgehead atoms. The zero-order chi connectivity index (χ0) is 15.0. The van der Waals surface area contributed by atoms with E-state index in [0.717, 1.165) is 9.99 Å². The average molecular weight is 340 g/mol. The smallest absolute Gasteiger partial charge is 0.195 e. The molecule has 2 aromatic carbocycles. The Morgan fingerprint density at radius 3 is 2.81 bits per heavy atom. The van der Waals surface area contributed by atoms with Crippen LogP contribution in [-0.2, 0) is 0 Å². The molecule has 0 saturated heterocycles. The van der Waals surface area contributed by atoms with Crippen molar-refractivity contribution < 1.29 is 4.79 Å². The molecule has 5 heteroatoms. The van der Waals surface area contributed by atoms with Gasteiger partial charge < -0.3 is 10.7 Å². The Bertz CT molecular complexity index is 906. The minimum atomic E-state index is -0.164. The molecular formula is C16H10BrN3O. The van der Waals surface area contributed by atoms with Gasteiger partial charge in [-0.05, 0) is 46.3 Å². The Morgan fingerprint density at radius 1 is 1.29 bits per heavy atom. The largest absolute Gasteiger partial charge is 0.398 e. The van der Waals surface area contributed by atoms with Crippen LogP contribution in [0.15, 0.2) is 47.1 Å². The molecule has 102 valence electrons. The Morgan fingerprint density at radius 2 is 2.10 bits per heavy atom. The van der Waals surface area contributed by atoms with Crippen molar-refractivity contribution in [3.8, 4) is 6.07 Å². The van der Waals surface area contributed by atoms with Gasteiger partial charge in [0.15, 0.2) is 5.78 Å². The van der Waals surface area contributed by atoms with Crippen LogP contribution >= 0.6 is 15.9 Å². The van der Waals surface area contributed by atoms with E-state index in [-0.39, 0.29) is 5.78 Å². The average Bonchev–Trinajstić information content (AvgIpc) is 2.93. The van der Waals surface area contributed by atoms with Crippen molar-refractivity contribution in [3.63, 3.8) is 0 Å². The summed E-state index contributed by atoms with van der Waals surface area (Å²) in [7, 11) is 0. The molecule has 0 aliphatic rings. The van der Waals surface area contributed by atoms with Crippen molar-refractivity contribution in [2.45, 2.75) is 0 Å². The number of aromatic nitrogens is 1. The number of hydrogen-bond acceptors (Lipinski definition) is 3. The number of anilines is 1. The maximum atomic E-state index is 12.7. The van der Waals surface area contributed by atoms with Gasteiger partial charge in [0.1, 0.15) is 0 Å². The Hall–Kier alpha value is -2.58. The number of aromatic amines is 1. The maximum absolute atomic E-state index is 12.7. The molecule has 0 spiro atoms. The van der Waals surface area contributed by atoms with Crippen LogP contribution in [0.1, 0.15) is 21.5 Å². The first-order valence-electron chi connectivity index (χ1n) is 6.21. The lowest BCUT2D eigenvalue weighted by Gasteiger charge is -2.04. The summed E-state index contributed by atoms with van der Waals surface area (Å²) in [4.78, 5) is 15.7. The van der Waals surface area contributed by atoms with Crippen LogP contribution in [0.25, 0.3) is 10.9 Å². The lowest BCUT2D eigenvalue weighted by atomic mass is 9.99. The van der Waals surface area contributed by atoms with Gasteiger partial charge >= 0.3 is 0 Å². The molecule has 1 aromatic heterocycles. The zero-order valence-corrected chi connectivity index (χ0v) is 12.4. The fourth-order valence-corrected chi connectivity index (χ4v) is 2.54. The summed E-state index contributed by atoms with van der Waals surface area (Å²) in [5, 5.41) is 9.85. The predicted octanol–water partition coefficient (Wildman–Crippen LogP) is 3.62. The number of nitrogens with zero attached hydrogens (tertiary/aromatic N) is 1. The van der Waals surface area contributed by atoms with Gasteiger partial charge in [-0.2, -0.15) is 5.26 Å². The molecule has 3 rings (SSSR count). The third-order valence-corrected chi connectivity index (χ3v) is 4.05. The highest BCUT2D eigenvalue weighted by molar-refractivity contribution is 9.10. The molecule has 0 fully saturated rings. The van der Waals surface area contributed by atoms with Gasteiger partial charge in [-0.25, -0.2) is 0 Å². The van der Waals surface area contributed by atoms with Gasteiger partial charge in [-0.3, -0.25) is 4.79 Å². The molecule has 0 atom stereocenters. The SMILES string of the molecule is N#Cc1cccc2[nH]cc(C(=O)c3ccc(Br)c(N)c3)c12. The van der Waals surface area contributed by atoms with E-state index in [1.54, 1.807) is 36.5 Å². The first kappa shape index (κ1) is 13.4. The van der Waals surface area contributed by atoms with Gasteiger partial charge in [0.25, 0.3) is 0 Å². The van der Waals surface area contributed by atoms with Gasteiger partial charge in [0, 0.05) is 38.4 Å². The molecule has 4 nitrogen and oxygen atoms in total. The molecule has 0 saturated carbocycles. The van der Waals surface area contributed by atoms with Crippen LogP contribution in [0.3, 0.4) is 0 Å². The number of ketones is 1.